The van der Waals surface area contributed by atoms with Crippen molar-refractivity contribution in [1.29, 1.82) is 0 Å². The first-order chi connectivity index (χ1) is 11.9. The van der Waals surface area contributed by atoms with Gasteiger partial charge in [0.2, 0.25) is 5.56 Å². The summed E-state index contributed by atoms with van der Waals surface area (Å²) in [5.41, 5.74) is 0.404. The number of benzene rings is 1. The number of aliphatic hydroxyl groups is 4. The third-order valence-electron chi connectivity index (χ3n) is 3.78. The molecule has 9 nitrogen and oxygen atoms in total. The van der Waals surface area contributed by atoms with Crippen LogP contribution in [0.15, 0.2) is 29.1 Å². The number of aliphatic hydroxyl groups excluding tert-OH is 4. The van der Waals surface area contributed by atoms with Crippen LogP contribution in [0.3, 0.4) is 0 Å². The first-order valence-corrected chi connectivity index (χ1v) is 7.40. The van der Waals surface area contributed by atoms with Crippen LogP contribution in [0.4, 0.5) is 5.69 Å². The van der Waals surface area contributed by atoms with Gasteiger partial charge in [0.05, 0.1) is 12.1 Å². The zero-order valence-electron chi connectivity index (χ0n) is 13.0. The minimum Gasteiger partial charge on any atom is -0.394 e. The summed E-state index contributed by atoms with van der Waals surface area (Å²) in [6.45, 7) is -0.782. The lowest BCUT2D eigenvalue weighted by molar-refractivity contribution is -0.117. The van der Waals surface area contributed by atoms with Gasteiger partial charge in [-0.1, -0.05) is 6.07 Å². The molecule has 1 aromatic carbocycles. The van der Waals surface area contributed by atoms with Gasteiger partial charge in [-0.05, 0) is 12.1 Å². The zero-order valence-corrected chi connectivity index (χ0v) is 13.0. The maximum atomic E-state index is 11.5. The number of nitrogens with one attached hydrogen (secondary N) is 2. The molecule has 0 aliphatic carbocycles. The fourth-order valence-corrected chi connectivity index (χ4v) is 2.41. The van der Waals surface area contributed by atoms with Crippen molar-refractivity contribution in [2.45, 2.75) is 24.4 Å². The molecule has 0 spiro atoms. The standard InChI is InChI=1S/C16H18N2O7/c19-5-8-3-14(23)18-11-4-9(1-2-10(8)11)17-12(6-20)15(24)16(25)13(22)7-21/h1-6,12-13,15-17,21-22,24-25H,7H2,(H,18,23)/t12-,13+,15+,16+/m1/s1. The molecule has 0 saturated carbocycles. The van der Waals surface area contributed by atoms with E-state index < -0.39 is 36.5 Å². The second-order valence-corrected chi connectivity index (χ2v) is 5.50. The molecular weight excluding hydrogens is 332 g/mol. The highest BCUT2D eigenvalue weighted by Crippen LogP contribution is 2.20. The molecule has 4 atom stereocenters. The zero-order chi connectivity index (χ0) is 18.6. The summed E-state index contributed by atoms with van der Waals surface area (Å²) >= 11 is 0. The number of hydrogen-bond acceptors (Lipinski definition) is 8. The lowest BCUT2D eigenvalue weighted by atomic mass is 10.0. The van der Waals surface area contributed by atoms with Gasteiger partial charge in [-0.2, -0.15) is 0 Å². The molecule has 1 aromatic heterocycles. The lowest BCUT2D eigenvalue weighted by Gasteiger charge is -2.26. The number of aromatic amines is 1. The highest BCUT2D eigenvalue weighted by atomic mass is 16.4. The molecule has 9 heteroatoms. The number of carbonyl (C=O) groups excluding carboxylic acids is 2. The van der Waals surface area contributed by atoms with E-state index in [4.69, 9.17) is 5.11 Å². The van der Waals surface area contributed by atoms with Crippen LogP contribution in [-0.4, -0.2) is 68.9 Å². The summed E-state index contributed by atoms with van der Waals surface area (Å²) < 4.78 is 0. The predicted molar refractivity (Wildman–Crippen MR) is 88.5 cm³/mol. The van der Waals surface area contributed by atoms with E-state index in [0.29, 0.717) is 29.2 Å². The third-order valence-corrected chi connectivity index (χ3v) is 3.78. The summed E-state index contributed by atoms with van der Waals surface area (Å²) in [4.78, 5) is 36.3. The molecule has 0 aliphatic heterocycles. The van der Waals surface area contributed by atoms with Crippen LogP contribution in [0.25, 0.3) is 10.9 Å². The normalized spacial score (nSPS) is 16.0. The van der Waals surface area contributed by atoms with E-state index in [0.717, 1.165) is 6.07 Å². The monoisotopic (exact) mass is 350 g/mol. The van der Waals surface area contributed by atoms with Crippen molar-refractivity contribution in [2.75, 3.05) is 11.9 Å². The molecule has 0 bridgehead atoms. The molecule has 1 heterocycles. The number of hydrogen-bond donors (Lipinski definition) is 6. The van der Waals surface area contributed by atoms with Gasteiger partial charge in [0, 0.05) is 22.7 Å². The maximum Gasteiger partial charge on any atom is 0.249 e. The number of anilines is 1. The first kappa shape index (κ1) is 18.7. The quantitative estimate of drug-likeness (QED) is 0.310. The van der Waals surface area contributed by atoms with Crippen LogP contribution >= 0.6 is 0 Å². The summed E-state index contributed by atoms with van der Waals surface area (Å²) in [5.74, 6) is 0. The molecule has 134 valence electrons. The summed E-state index contributed by atoms with van der Waals surface area (Å²) in [7, 11) is 0. The number of rotatable bonds is 8. The van der Waals surface area contributed by atoms with Crippen molar-refractivity contribution < 1.29 is 30.0 Å². The Kier molecular flexibility index (Phi) is 5.99. The Hall–Kier alpha value is -2.59. The van der Waals surface area contributed by atoms with Gasteiger partial charge in [-0.25, -0.2) is 0 Å². The Morgan fingerprint density at radius 1 is 1.12 bits per heavy atom. The summed E-state index contributed by atoms with van der Waals surface area (Å²) in [6.07, 6.45) is -4.14. The second kappa shape index (κ2) is 7.99. The molecule has 2 rings (SSSR count). The Bertz CT molecular complexity index is 820. The highest BCUT2D eigenvalue weighted by molar-refractivity contribution is 5.97. The van der Waals surface area contributed by atoms with Crippen LogP contribution in [0.2, 0.25) is 0 Å². The molecule has 0 aliphatic rings. The molecule has 0 saturated heterocycles. The molecule has 2 aromatic rings. The number of aromatic nitrogens is 1. The summed E-state index contributed by atoms with van der Waals surface area (Å²) in [6, 6.07) is 4.40. The van der Waals surface area contributed by atoms with E-state index in [1.807, 2.05) is 0 Å². The van der Waals surface area contributed by atoms with E-state index >= 15 is 0 Å². The molecular formula is C16H18N2O7. The second-order valence-electron chi connectivity index (χ2n) is 5.50. The van der Waals surface area contributed by atoms with Crippen LogP contribution in [0.5, 0.6) is 0 Å². The molecule has 6 N–H and O–H groups in total. The van der Waals surface area contributed by atoms with Crippen LogP contribution < -0.4 is 10.9 Å². The van der Waals surface area contributed by atoms with Crippen LogP contribution in [0, 0.1) is 0 Å². The smallest absolute Gasteiger partial charge is 0.249 e. The number of H-pyrrole nitrogens is 1. The average Bonchev–Trinajstić information content (AvgIpc) is 2.62. The Morgan fingerprint density at radius 2 is 1.84 bits per heavy atom. The van der Waals surface area contributed by atoms with Gasteiger partial charge in [-0.3, -0.25) is 9.59 Å². The molecule has 0 radical (unpaired) electrons. The number of fused-ring (bicyclic) bond motifs is 1. The van der Waals surface area contributed by atoms with E-state index in [-0.39, 0.29) is 5.56 Å². The topological polar surface area (TPSA) is 160 Å². The van der Waals surface area contributed by atoms with Gasteiger partial charge in [0.1, 0.15) is 30.6 Å². The van der Waals surface area contributed by atoms with Gasteiger partial charge >= 0.3 is 0 Å². The van der Waals surface area contributed by atoms with Crippen molar-refractivity contribution in [3.63, 3.8) is 0 Å². The number of pyridine rings is 1. The van der Waals surface area contributed by atoms with E-state index in [1.54, 1.807) is 6.07 Å². The third kappa shape index (κ3) is 4.09. The van der Waals surface area contributed by atoms with Crippen molar-refractivity contribution in [2.24, 2.45) is 0 Å². The largest absolute Gasteiger partial charge is 0.394 e. The minimum absolute atomic E-state index is 0.207. The van der Waals surface area contributed by atoms with E-state index in [2.05, 4.69) is 10.3 Å². The van der Waals surface area contributed by atoms with E-state index in [1.165, 1.54) is 12.1 Å². The Labute approximate surface area is 141 Å². The maximum absolute atomic E-state index is 11.5. The fourth-order valence-electron chi connectivity index (χ4n) is 2.41. The molecule has 0 unspecified atom stereocenters. The van der Waals surface area contributed by atoms with Gasteiger partial charge in [-0.15, -0.1) is 0 Å². The Balaban J connectivity index is 2.30. The number of carbonyl (C=O) groups is 2. The van der Waals surface area contributed by atoms with Crippen LogP contribution in [-0.2, 0) is 4.79 Å². The van der Waals surface area contributed by atoms with Gasteiger partial charge in [0.25, 0.3) is 0 Å². The van der Waals surface area contributed by atoms with E-state index in [9.17, 15) is 29.7 Å². The number of aldehydes is 2. The Morgan fingerprint density at radius 3 is 2.44 bits per heavy atom. The lowest BCUT2D eigenvalue weighted by Crippen LogP contribution is -2.49. The average molecular weight is 350 g/mol. The van der Waals surface area contributed by atoms with Crippen molar-refractivity contribution >= 4 is 29.2 Å². The van der Waals surface area contributed by atoms with Gasteiger partial charge in [0.15, 0.2) is 6.29 Å². The summed E-state index contributed by atoms with van der Waals surface area (Å²) in [5, 5.41) is 41.0. The minimum atomic E-state index is -1.74. The SMILES string of the molecule is O=Cc1cc(=O)[nH]c2cc(N[C@H](C=O)[C@H](O)[C@@H](O)[C@@H](O)CO)ccc12. The highest BCUT2D eigenvalue weighted by Gasteiger charge is 2.31. The fraction of sp³-hybridized carbons (Fsp3) is 0.312. The molecule has 25 heavy (non-hydrogen) atoms. The van der Waals surface area contributed by atoms with Crippen LogP contribution in [0.1, 0.15) is 10.4 Å². The first-order valence-electron chi connectivity index (χ1n) is 7.40. The molecule has 0 fully saturated rings. The molecule has 0 amide bonds. The predicted octanol–water partition coefficient (Wildman–Crippen LogP) is -1.60. The van der Waals surface area contributed by atoms with Crippen molar-refractivity contribution in [3.8, 4) is 0 Å². The van der Waals surface area contributed by atoms with Crippen molar-refractivity contribution in [3.05, 3.63) is 40.2 Å². The van der Waals surface area contributed by atoms with Gasteiger partial charge < -0.3 is 35.5 Å². The van der Waals surface area contributed by atoms with Crippen molar-refractivity contribution in [1.82, 2.24) is 4.98 Å².